The van der Waals surface area contributed by atoms with E-state index < -0.39 is 22.6 Å². The number of benzene rings is 1. The van der Waals surface area contributed by atoms with Gasteiger partial charge in [0, 0.05) is 30.7 Å². The third-order valence-corrected chi connectivity index (χ3v) is 7.19. The van der Waals surface area contributed by atoms with Gasteiger partial charge in [-0.15, -0.1) is 0 Å². The highest BCUT2D eigenvalue weighted by molar-refractivity contribution is 6.32. The summed E-state index contributed by atoms with van der Waals surface area (Å²) in [5.74, 6) is 1.05. The van der Waals surface area contributed by atoms with Gasteiger partial charge in [0.2, 0.25) is 0 Å². The molecule has 0 fully saturated rings. The molecule has 2 aromatic heterocycles. The molecule has 0 spiro atoms. The van der Waals surface area contributed by atoms with Crippen molar-refractivity contribution in [2.75, 3.05) is 17.2 Å². The van der Waals surface area contributed by atoms with Crippen molar-refractivity contribution in [2.24, 2.45) is 12.5 Å². The summed E-state index contributed by atoms with van der Waals surface area (Å²) in [4.78, 5) is 52.3. The van der Waals surface area contributed by atoms with Crippen LogP contribution in [0, 0.1) is 12.3 Å². The minimum absolute atomic E-state index is 0.0689. The molecule has 0 aliphatic carbocycles. The van der Waals surface area contributed by atoms with Crippen LogP contribution in [0.25, 0.3) is 0 Å². The lowest BCUT2D eigenvalue weighted by atomic mass is 9.85. The predicted molar refractivity (Wildman–Crippen MR) is 145 cm³/mol. The number of carbonyl (C=O) groups is 1. The van der Waals surface area contributed by atoms with Gasteiger partial charge in [-0.25, -0.2) is 4.79 Å². The zero-order valence-electron chi connectivity index (χ0n) is 22.2. The number of rotatable bonds is 8. The summed E-state index contributed by atoms with van der Waals surface area (Å²) < 4.78 is 8.10. The first-order chi connectivity index (χ1) is 18.4. The normalized spacial score (nSPS) is 14.2. The molecule has 0 bridgehead atoms. The molecule has 1 amide bonds. The molecule has 2 N–H and O–H groups in total. The maximum Gasteiger partial charge on any atom is 0.363 e. The van der Waals surface area contributed by atoms with E-state index in [1.54, 1.807) is 17.0 Å². The Morgan fingerprint density at radius 3 is 2.36 bits per heavy atom. The average Bonchev–Trinajstić information content (AvgIpc) is 3.55. The van der Waals surface area contributed by atoms with Crippen LogP contribution in [-0.4, -0.2) is 37.1 Å². The topological polar surface area (TPSA) is 144 Å². The van der Waals surface area contributed by atoms with E-state index in [0.717, 1.165) is 10.4 Å². The number of aryl methyl sites for hydroxylation is 2. The Morgan fingerprint density at radius 1 is 1.03 bits per heavy atom. The van der Waals surface area contributed by atoms with E-state index in [-0.39, 0.29) is 42.3 Å². The molecule has 12 nitrogen and oxygen atoms in total. The molecule has 0 saturated heterocycles. The fourth-order valence-corrected chi connectivity index (χ4v) is 4.90. The van der Waals surface area contributed by atoms with Crippen LogP contribution < -0.4 is 27.2 Å². The minimum Gasteiger partial charge on any atom is -0.464 e. The Bertz CT molecular complexity index is 1720. The molecule has 1 aliphatic rings. The van der Waals surface area contributed by atoms with E-state index in [9.17, 15) is 19.2 Å². The molecule has 1 atom stereocenters. The number of aromatic nitrogens is 4. The molecular weight excluding hydrogens is 526 g/mol. The molecule has 2 aromatic carbocycles. The zero-order valence-corrected chi connectivity index (χ0v) is 22.9. The highest BCUT2D eigenvalue weighted by Crippen LogP contribution is 2.39. The van der Waals surface area contributed by atoms with E-state index in [1.165, 1.54) is 11.7 Å². The number of halogens is 1. The summed E-state index contributed by atoms with van der Waals surface area (Å²) in [6, 6.07) is 6.52. The maximum absolute atomic E-state index is 13.4. The highest BCUT2D eigenvalue weighted by Gasteiger charge is 2.35. The molecule has 0 unspecified atom stereocenters. The van der Waals surface area contributed by atoms with Gasteiger partial charge in [0.1, 0.15) is 22.9 Å². The first kappa shape index (κ1) is 26.4. The Morgan fingerprint density at radius 2 is 1.74 bits per heavy atom. The van der Waals surface area contributed by atoms with Crippen LogP contribution in [0.4, 0.5) is 17.1 Å². The van der Waals surface area contributed by atoms with E-state index in [0.29, 0.717) is 27.6 Å². The average molecular weight is 554 g/mol. The summed E-state index contributed by atoms with van der Waals surface area (Å²) in [5.41, 5.74) is -0.636. The fourth-order valence-electron chi connectivity index (χ4n) is 4.69. The number of fused-ring (bicyclic) bond motifs is 1. The molecule has 204 valence electrons. The van der Waals surface area contributed by atoms with Gasteiger partial charge in [-0.05, 0) is 47.0 Å². The third kappa shape index (κ3) is 4.65. The zero-order chi connectivity index (χ0) is 28.2. The van der Waals surface area contributed by atoms with Crippen molar-refractivity contribution < 1.29 is 9.21 Å². The lowest BCUT2D eigenvalue weighted by molar-refractivity contribution is 0.0771. The number of tetrazole rings is 1. The molecule has 5 rings (SSSR count). The molecule has 39 heavy (non-hydrogen) atoms. The second-order valence-electron chi connectivity index (χ2n) is 10.7. The van der Waals surface area contributed by atoms with Gasteiger partial charge >= 0.3 is 5.69 Å². The molecule has 0 radical (unpaired) electrons. The molecule has 13 heteroatoms. The maximum atomic E-state index is 13.4. The quantitative estimate of drug-likeness (QED) is 0.315. The van der Waals surface area contributed by atoms with Crippen molar-refractivity contribution in [3.8, 4) is 0 Å². The van der Waals surface area contributed by atoms with Gasteiger partial charge < -0.3 is 20.0 Å². The van der Waals surface area contributed by atoms with E-state index in [1.807, 2.05) is 39.8 Å². The Balaban J connectivity index is 1.42. The summed E-state index contributed by atoms with van der Waals surface area (Å²) in [7, 11) is 1.49. The number of nitrogens with zero attached hydrogens (tertiary/aromatic N) is 5. The van der Waals surface area contributed by atoms with Crippen molar-refractivity contribution in [1.82, 2.24) is 24.7 Å². The van der Waals surface area contributed by atoms with Crippen molar-refractivity contribution >= 4 is 34.6 Å². The van der Waals surface area contributed by atoms with E-state index in [4.69, 9.17) is 16.0 Å². The summed E-state index contributed by atoms with van der Waals surface area (Å²) in [5, 5.41) is 14.1. The van der Waals surface area contributed by atoms with Crippen molar-refractivity contribution in [3.63, 3.8) is 0 Å². The van der Waals surface area contributed by atoms with Gasteiger partial charge in [-0.2, -0.15) is 9.36 Å². The molecular formula is C26H28ClN7O5. The van der Waals surface area contributed by atoms with Gasteiger partial charge in [0.05, 0.1) is 23.8 Å². The lowest BCUT2D eigenvalue weighted by Crippen LogP contribution is -2.39. The highest BCUT2D eigenvalue weighted by atomic mass is 35.5. The molecule has 3 heterocycles. The smallest absolute Gasteiger partial charge is 0.363 e. The summed E-state index contributed by atoms with van der Waals surface area (Å²) in [6.07, 6.45) is 0. The Hall–Kier alpha value is -4.19. The van der Waals surface area contributed by atoms with E-state index in [2.05, 4.69) is 21.1 Å². The largest absolute Gasteiger partial charge is 0.464 e. The van der Waals surface area contributed by atoms with Crippen molar-refractivity contribution in [1.29, 1.82) is 0 Å². The first-order valence-corrected chi connectivity index (χ1v) is 12.7. The fraction of sp³-hybridized carbons (Fsp3) is 0.385. The second-order valence-corrected chi connectivity index (χ2v) is 11.1. The number of carbonyl (C=O) groups excluding carboxylic acids is 1. The van der Waals surface area contributed by atoms with Crippen LogP contribution in [-0.2, 0) is 20.1 Å². The second kappa shape index (κ2) is 9.53. The molecule has 0 saturated carbocycles. The van der Waals surface area contributed by atoms with Gasteiger partial charge in [-0.3, -0.25) is 14.4 Å². The lowest BCUT2D eigenvalue weighted by Gasteiger charge is -2.31. The molecule has 4 aromatic rings. The van der Waals surface area contributed by atoms with Crippen molar-refractivity contribution in [2.45, 2.75) is 46.8 Å². The minimum atomic E-state index is -0.686. The Kier molecular flexibility index (Phi) is 6.45. The summed E-state index contributed by atoms with van der Waals surface area (Å²) >= 11 is 6.43. The van der Waals surface area contributed by atoms with Crippen LogP contribution >= 0.6 is 11.6 Å². The SMILES string of the molecule is Cc1ccc([C@H](Nc2c(Nc3ccc(Cl)c4c3C(=O)N(CCn3nnn(C)c3=O)C4)c(=O)c2=O)C(C)(C)C)o1. The third-order valence-electron chi connectivity index (χ3n) is 6.84. The van der Waals surface area contributed by atoms with Crippen LogP contribution in [0.5, 0.6) is 0 Å². The molecule has 1 aliphatic heterocycles. The van der Waals surface area contributed by atoms with Gasteiger partial charge in [0.25, 0.3) is 16.8 Å². The first-order valence-electron chi connectivity index (χ1n) is 12.4. The number of hydrogen-bond acceptors (Lipinski definition) is 9. The predicted octanol–water partition coefficient (Wildman–Crippen LogP) is 2.73. The van der Waals surface area contributed by atoms with Crippen LogP contribution in [0.3, 0.4) is 0 Å². The van der Waals surface area contributed by atoms with E-state index >= 15 is 0 Å². The van der Waals surface area contributed by atoms with Crippen LogP contribution in [0.15, 0.2) is 43.1 Å². The number of anilines is 3. The van der Waals surface area contributed by atoms with Crippen LogP contribution in [0.1, 0.15) is 54.3 Å². The monoisotopic (exact) mass is 553 g/mol. The standard InChI is InChI=1S/C26H28ClN7O5/c1-13-6-9-17(39-13)23(26(2,3)4)29-20-19(21(35)22(20)36)28-16-8-7-15(27)14-12-33(24(37)18(14)16)10-11-34-25(38)32(5)30-31-34/h6-9,23,28-29H,10-12H2,1-5H3/t23-/m0/s1. The Labute approximate surface area is 227 Å². The van der Waals surface area contributed by atoms with Gasteiger partial charge in [0.15, 0.2) is 0 Å². The van der Waals surface area contributed by atoms with Crippen molar-refractivity contribution in [3.05, 3.63) is 82.9 Å². The number of nitrogens with one attached hydrogen (secondary N) is 2. The van der Waals surface area contributed by atoms with Crippen LogP contribution in [0.2, 0.25) is 5.02 Å². The van der Waals surface area contributed by atoms with Gasteiger partial charge in [-0.1, -0.05) is 32.4 Å². The summed E-state index contributed by atoms with van der Waals surface area (Å²) in [6.45, 7) is 8.39. The number of amides is 1. The number of furan rings is 1. The number of hydrogen-bond donors (Lipinski definition) is 2.